The van der Waals surface area contributed by atoms with Gasteiger partial charge < -0.3 is 0 Å². The van der Waals surface area contributed by atoms with E-state index < -0.39 is 0 Å². The Bertz CT molecular complexity index is 109. The van der Waals surface area contributed by atoms with Gasteiger partial charge in [-0.05, 0) is 12.2 Å². The first kappa shape index (κ1) is 10.8. The summed E-state index contributed by atoms with van der Waals surface area (Å²) >= 11 is 1.63. The van der Waals surface area contributed by atoms with Crippen LogP contribution in [0, 0.1) is 0 Å². The molecular weight excluding hydrogens is 160 g/mol. The summed E-state index contributed by atoms with van der Waals surface area (Å²) in [5.74, 6) is 6.35. The van der Waals surface area contributed by atoms with Gasteiger partial charge in [0, 0.05) is 0 Å². The molecule has 0 saturated carbocycles. The van der Waals surface area contributed by atoms with Crippen molar-refractivity contribution >= 4 is 17.7 Å². The molecule has 0 aromatic carbocycles. The number of thioether (sulfide) groups is 1. The lowest BCUT2D eigenvalue weighted by molar-refractivity contribution is -0.118. The fourth-order valence-corrected chi connectivity index (χ4v) is 1.48. The first-order chi connectivity index (χ1) is 5.31. The highest BCUT2D eigenvalue weighted by Crippen LogP contribution is 2.04. The molecule has 11 heavy (non-hydrogen) atoms. The van der Waals surface area contributed by atoms with Gasteiger partial charge in [-0.25, -0.2) is 5.84 Å². The molecule has 0 aliphatic rings. The van der Waals surface area contributed by atoms with Gasteiger partial charge in [-0.1, -0.05) is 19.8 Å². The van der Waals surface area contributed by atoms with Crippen LogP contribution in [0.3, 0.4) is 0 Å². The topological polar surface area (TPSA) is 55.1 Å². The smallest absolute Gasteiger partial charge is 0.243 e. The summed E-state index contributed by atoms with van der Waals surface area (Å²) < 4.78 is 0. The van der Waals surface area contributed by atoms with Crippen molar-refractivity contribution in [3.05, 3.63) is 0 Å². The van der Waals surface area contributed by atoms with E-state index in [1.807, 2.05) is 0 Å². The molecule has 0 fully saturated rings. The largest absolute Gasteiger partial charge is 0.294 e. The van der Waals surface area contributed by atoms with Crippen LogP contribution in [-0.2, 0) is 4.79 Å². The fraction of sp³-hybridized carbons (Fsp3) is 0.857. The molecule has 0 unspecified atom stereocenters. The number of unbranched alkanes of at least 4 members (excludes halogenated alkanes) is 2. The third kappa shape index (κ3) is 7.68. The van der Waals surface area contributed by atoms with E-state index in [0.29, 0.717) is 5.75 Å². The minimum absolute atomic E-state index is 0.0912. The van der Waals surface area contributed by atoms with Crippen LogP contribution < -0.4 is 11.3 Å². The van der Waals surface area contributed by atoms with Crippen LogP contribution in [-0.4, -0.2) is 17.4 Å². The average Bonchev–Trinajstić information content (AvgIpc) is 2.04. The Morgan fingerprint density at radius 2 is 2.27 bits per heavy atom. The molecule has 0 rings (SSSR count). The number of nitrogens with one attached hydrogen (secondary N) is 1. The van der Waals surface area contributed by atoms with Gasteiger partial charge in [0.1, 0.15) is 0 Å². The molecule has 0 saturated heterocycles. The number of carbonyl (C=O) groups is 1. The maximum atomic E-state index is 10.6. The van der Waals surface area contributed by atoms with E-state index in [0.717, 1.165) is 5.75 Å². The molecular formula is C7H16N2OS. The van der Waals surface area contributed by atoms with E-state index in [1.165, 1.54) is 19.3 Å². The quantitative estimate of drug-likeness (QED) is 0.274. The predicted molar refractivity (Wildman–Crippen MR) is 49.2 cm³/mol. The van der Waals surface area contributed by atoms with E-state index in [-0.39, 0.29) is 5.91 Å². The minimum atomic E-state index is -0.0912. The van der Waals surface area contributed by atoms with Crippen molar-refractivity contribution in [1.82, 2.24) is 5.43 Å². The Morgan fingerprint density at radius 1 is 1.55 bits per heavy atom. The predicted octanol–water partition coefficient (Wildman–Crippen LogP) is 0.900. The summed E-state index contributed by atoms with van der Waals surface area (Å²) in [5.41, 5.74) is 2.10. The molecule has 3 nitrogen and oxygen atoms in total. The van der Waals surface area contributed by atoms with Crippen LogP contribution in [0.2, 0.25) is 0 Å². The second-order valence-corrected chi connectivity index (χ2v) is 3.43. The maximum Gasteiger partial charge on any atom is 0.243 e. The van der Waals surface area contributed by atoms with Crippen LogP contribution in [0.4, 0.5) is 0 Å². The van der Waals surface area contributed by atoms with Gasteiger partial charge in [-0.3, -0.25) is 10.2 Å². The Kier molecular flexibility index (Phi) is 7.72. The zero-order chi connectivity index (χ0) is 8.53. The highest BCUT2D eigenvalue weighted by molar-refractivity contribution is 7.99. The molecule has 0 aliphatic heterocycles. The van der Waals surface area contributed by atoms with E-state index in [4.69, 9.17) is 5.84 Å². The number of hydrogen-bond donors (Lipinski definition) is 2. The van der Waals surface area contributed by atoms with Crippen LogP contribution in [0.1, 0.15) is 26.2 Å². The van der Waals surface area contributed by atoms with Crippen molar-refractivity contribution in [2.24, 2.45) is 5.84 Å². The number of hydrazine groups is 1. The van der Waals surface area contributed by atoms with Crippen LogP contribution in [0.15, 0.2) is 0 Å². The number of amides is 1. The lowest BCUT2D eigenvalue weighted by Gasteiger charge is -1.98. The molecule has 3 N–H and O–H groups in total. The molecule has 66 valence electrons. The standard InChI is InChI=1S/C7H16N2OS/c1-2-3-4-5-11-6-7(10)9-8/h2-6,8H2,1H3,(H,9,10). The average molecular weight is 176 g/mol. The molecule has 0 aromatic rings. The first-order valence-corrected chi connectivity index (χ1v) is 5.04. The maximum absolute atomic E-state index is 10.6. The Labute approximate surface area is 72.1 Å². The van der Waals surface area contributed by atoms with Crippen molar-refractivity contribution in [3.63, 3.8) is 0 Å². The Balaban J connectivity index is 2.95. The van der Waals surface area contributed by atoms with Gasteiger partial charge in [0.2, 0.25) is 5.91 Å². The summed E-state index contributed by atoms with van der Waals surface area (Å²) in [7, 11) is 0. The van der Waals surface area contributed by atoms with Crippen molar-refractivity contribution < 1.29 is 4.79 Å². The van der Waals surface area contributed by atoms with Gasteiger partial charge >= 0.3 is 0 Å². The molecule has 0 radical (unpaired) electrons. The van der Waals surface area contributed by atoms with Crippen molar-refractivity contribution in [2.75, 3.05) is 11.5 Å². The molecule has 0 aliphatic carbocycles. The van der Waals surface area contributed by atoms with Crippen LogP contribution >= 0.6 is 11.8 Å². The van der Waals surface area contributed by atoms with Crippen molar-refractivity contribution in [3.8, 4) is 0 Å². The summed E-state index contributed by atoms with van der Waals surface area (Å²) in [6, 6.07) is 0. The summed E-state index contributed by atoms with van der Waals surface area (Å²) in [4.78, 5) is 10.6. The van der Waals surface area contributed by atoms with Gasteiger partial charge in [0.05, 0.1) is 5.75 Å². The summed E-state index contributed by atoms with van der Waals surface area (Å²) in [5, 5.41) is 0. The summed E-state index contributed by atoms with van der Waals surface area (Å²) in [6.07, 6.45) is 3.67. The highest BCUT2D eigenvalue weighted by atomic mass is 32.2. The Hall–Kier alpha value is -0.220. The molecule has 0 bridgehead atoms. The second-order valence-electron chi connectivity index (χ2n) is 2.33. The van der Waals surface area contributed by atoms with E-state index in [9.17, 15) is 4.79 Å². The van der Waals surface area contributed by atoms with Crippen molar-refractivity contribution in [2.45, 2.75) is 26.2 Å². The Morgan fingerprint density at radius 3 is 2.82 bits per heavy atom. The molecule has 1 amide bonds. The van der Waals surface area contributed by atoms with Crippen LogP contribution in [0.5, 0.6) is 0 Å². The zero-order valence-electron chi connectivity index (χ0n) is 6.93. The second kappa shape index (κ2) is 7.88. The van der Waals surface area contributed by atoms with Gasteiger partial charge in [-0.15, -0.1) is 0 Å². The molecule has 0 spiro atoms. The lowest BCUT2D eigenvalue weighted by Crippen LogP contribution is -2.31. The molecule has 4 heteroatoms. The highest BCUT2D eigenvalue weighted by Gasteiger charge is 1.96. The van der Waals surface area contributed by atoms with E-state index >= 15 is 0 Å². The number of rotatable bonds is 6. The lowest BCUT2D eigenvalue weighted by atomic mass is 10.3. The summed E-state index contributed by atoms with van der Waals surface area (Å²) in [6.45, 7) is 2.16. The molecule has 0 heterocycles. The monoisotopic (exact) mass is 176 g/mol. The van der Waals surface area contributed by atoms with Gasteiger partial charge in [-0.2, -0.15) is 11.8 Å². The normalized spacial score (nSPS) is 9.64. The minimum Gasteiger partial charge on any atom is -0.294 e. The van der Waals surface area contributed by atoms with E-state index in [2.05, 4.69) is 12.3 Å². The third-order valence-electron chi connectivity index (χ3n) is 1.29. The van der Waals surface area contributed by atoms with Gasteiger partial charge in [0.15, 0.2) is 0 Å². The SMILES string of the molecule is CCCCCSCC(=O)NN. The number of carbonyl (C=O) groups excluding carboxylic acids is 1. The molecule has 0 atom stereocenters. The first-order valence-electron chi connectivity index (χ1n) is 3.88. The third-order valence-corrected chi connectivity index (χ3v) is 2.33. The van der Waals surface area contributed by atoms with Crippen molar-refractivity contribution in [1.29, 1.82) is 0 Å². The van der Waals surface area contributed by atoms with E-state index in [1.54, 1.807) is 11.8 Å². The number of hydrogen-bond acceptors (Lipinski definition) is 3. The molecule has 0 aromatic heterocycles. The number of nitrogens with two attached hydrogens (primary N) is 1. The fourth-order valence-electron chi connectivity index (χ4n) is 0.661. The van der Waals surface area contributed by atoms with Gasteiger partial charge in [0.25, 0.3) is 0 Å². The van der Waals surface area contributed by atoms with Crippen LogP contribution in [0.25, 0.3) is 0 Å². The zero-order valence-corrected chi connectivity index (χ0v) is 7.75.